The molecule has 0 aliphatic carbocycles. The van der Waals surface area contributed by atoms with Gasteiger partial charge in [-0.05, 0) is 63.0 Å². The van der Waals surface area contributed by atoms with Gasteiger partial charge in [0.15, 0.2) is 8.07 Å². The minimum absolute atomic E-state index is 1.53. The lowest BCUT2D eigenvalue weighted by atomic mass is 10.3. The van der Waals surface area contributed by atoms with E-state index in [-0.39, 0.29) is 0 Å². The van der Waals surface area contributed by atoms with Gasteiger partial charge in [0.2, 0.25) is 0 Å². The molecule has 0 aromatic carbocycles. The van der Waals surface area contributed by atoms with E-state index < -0.39 is 40.4 Å². The Morgan fingerprint density at radius 1 is 0.286 bits per heavy atom. The summed E-state index contributed by atoms with van der Waals surface area (Å²) in [5.41, 5.74) is 0. The van der Waals surface area contributed by atoms with Crippen LogP contribution in [0.1, 0.15) is 0 Å². The molecule has 0 radical (unpaired) electrons. The minimum Gasteiger partial charge on any atom is -0.134 e. The maximum Gasteiger partial charge on any atom is 0.191 e. The molecule has 1 spiro atoms. The van der Waals surface area contributed by atoms with Gasteiger partial charge >= 0.3 is 0 Å². The Bertz CT molecular complexity index is 3460. The second-order valence-electron chi connectivity index (χ2n) is 21.3. The smallest absolute Gasteiger partial charge is 0.134 e. The summed E-state index contributed by atoms with van der Waals surface area (Å²) in [7, 11) is -9.20. The third-order valence-electron chi connectivity index (χ3n) is 12.8. The van der Waals surface area contributed by atoms with Crippen molar-refractivity contribution < 1.29 is 0 Å². The van der Waals surface area contributed by atoms with Crippen molar-refractivity contribution in [2.45, 2.75) is 95.4 Å². The van der Waals surface area contributed by atoms with E-state index >= 15 is 0 Å². The number of fused-ring (bicyclic) bond motifs is 24. The summed E-state index contributed by atoms with van der Waals surface area (Å²) >= 11 is 30.0. The van der Waals surface area contributed by atoms with Gasteiger partial charge in [0.05, 0.1) is 81.2 Å². The van der Waals surface area contributed by atoms with Gasteiger partial charge in [-0.1, -0.05) is 102 Å². The predicted octanol–water partition coefficient (Wildman–Crippen LogP) is 16.1. The molecule has 14 heterocycles. The first-order chi connectivity index (χ1) is 29.7. The second-order valence-corrected chi connectivity index (χ2v) is 63.9. The zero-order valence-corrected chi connectivity index (χ0v) is 53.0. The zero-order chi connectivity index (χ0) is 43.4. The Labute approximate surface area is 427 Å². The van der Waals surface area contributed by atoms with Crippen LogP contribution >= 0.6 is 160 Å². The Balaban J connectivity index is 1.25. The number of thiophene rings is 12. The number of rotatable bonds is 4. The van der Waals surface area contributed by atoms with Crippen molar-refractivity contribution in [3.63, 3.8) is 0 Å². The highest BCUT2D eigenvalue weighted by Gasteiger charge is 2.59. The Morgan fingerprint density at radius 2 is 0.508 bits per heavy atom. The molecule has 0 nitrogen and oxygen atoms in total. The molecule has 2 aliphatic heterocycles. The third-order valence-corrected chi connectivity index (χ3v) is 51.2. The van der Waals surface area contributed by atoms with Crippen LogP contribution in [-0.4, -0.2) is 40.4 Å². The molecule has 12 aromatic heterocycles. The monoisotopic (exact) mass is 1160 g/mol. The average molecular weight is 1160 g/mol. The first-order valence-corrected chi connectivity index (χ1v) is 48.5. The summed E-state index contributed by atoms with van der Waals surface area (Å²) in [6.07, 6.45) is 0. The van der Waals surface area contributed by atoms with Crippen molar-refractivity contribution in [3.8, 4) is 0 Å². The molecule has 2 aliphatic rings. The molecule has 12 aromatic rings. The molecule has 0 fully saturated rings. The average Bonchev–Trinajstić information content (AvgIpc) is 3.97. The molecule has 320 valence electrons. The highest BCUT2D eigenvalue weighted by Crippen LogP contribution is 2.58. The quantitative estimate of drug-likeness (QED) is 0.161. The summed E-state index contributed by atoms with van der Waals surface area (Å²) in [4.78, 5) is 0. The Kier molecular flexibility index (Phi) is 8.94. The summed E-state index contributed by atoms with van der Waals surface area (Å²) in [5, 5.41) is 19.9. The molecule has 0 bridgehead atoms. The van der Waals surface area contributed by atoms with Crippen LogP contribution in [0.25, 0.3) is 75.2 Å². The van der Waals surface area contributed by atoms with Crippen LogP contribution < -0.4 is 38.7 Å². The van der Waals surface area contributed by atoms with Crippen LogP contribution in [0.2, 0.25) is 78.6 Å². The van der Waals surface area contributed by atoms with E-state index in [2.05, 4.69) is 262 Å². The van der Waals surface area contributed by atoms with Crippen LogP contribution in [0.3, 0.4) is 0 Å². The Hall–Kier alpha value is 0.264. The lowest BCUT2D eigenvalue weighted by Gasteiger charge is -2.40. The first-order valence-electron chi connectivity index (χ1n) is 21.0. The SMILES string of the molecule is C[Si](C)(C)c1cc2c(s1)sc1sc3c(c12)[Si]1(c2c(sc4sc5sc([Si](C)(C)C)cc5c24)S3)c2c(sc3sc4sc([Si](C)(C)C)cc4c23)Sc2sc3sc4sc([Si](C)(C)C)cc4c3c21. The van der Waals surface area contributed by atoms with Gasteiger partial charge in [0, 0.05) is 43.1 Å². The maximum absolute atomic E-state index is 3.08. The van der Waals surface area contributed by atoms with Crippen molar-refractivity contribution in [1.82, 2.24) is 0 Å². The van der Waals surface area contributed by atoms with E-state index in [1.165, 1.54) is 0 Å². The van der Waals surface area contributed by atoms with Gasteiger partial charge in [0.25, 0.3) is 0 Å². The van der Waals surface area contributed by atoms with Gasteiger partial charge in [-0.15, -0.1) is 136 Å². The molecule has 63 heavy (non-hydrogen) atoms. The van der Waals surface area contributed by atoms with Crippen molar-refractivity contribution in [1.29, 1.82) is 0 Å². The summed E-state index contributed by atoms with van der Waals surface area (Å²) in [5.74, 6) is 0. The van der Waals surface area contributed by atoms with E-state index in [1.54, 1.807) is 131 Å². The van der Waals surface area contributed by atoms with E-state index in [0.717, 1.165) is 0 Å². The van der Waals surface area contributed by atoms with Crippen LogP contribution in [-0.2, 0) is 0 Å². The topological polar surface area (TPSA) is 0 Å². The van der Waals surface area contributed by atoms with E-state index in [0.29, 0.717) is 0 Å². The van der Waals surface area contributed by atoms with Crippen molar-refractivity contribution in [2.24, 2.45) is 0 Å². The standard InChI is InChI=1S/C44H40S14Si5/c1-59(2,3)21-13-17-25-29-41(53-37(25)49-33(17)45-21)57-42-30(26-18-14-22(60(4,5)6)46-34(18)50-38(26)54-42)63(29)31-27-19-15-23(61(7,8)9)47-35(19)51-39(27)55-43(31)58-44-32(63)28-20-16-24(62(10,11)12)48-36(20)52-40(28)56-44/h13-16H,1-12H3. The third kappa shape index (κ3) is 5.64. The van der Waals surface area contributed by atoms with Crippen molar-refractivity contribution in [3.05, 3.63) is 24.3 Å². The normalized spacial score (nSPS) is 15.9. The van der Waals surface area contributed by atoms with Crippen LogP contribution in [0, 0.1) is 0 Å². The fraction of sp³-hybridized carbons (Fsp3) is 0.273. The molecule has 0 atom stereocenters. The van der Waals surface area contributed by atoms with Crippen molar-refractivity contribution >= 4 is 314 Å². The molecule has 0 N–H and O–H groups in total. The van der Waals surface area contributed by atoms with Gasteiger partial charge in [-0.25, -0.2) is 0 Å². The Morgan fingerprint density at radius 3 is 0.714 bits per heavy atom. The molecule has 14 rings (SSSR count). The molecule has 0 unspecified atom stereocenters. The van der Waals surface area contributed by atoms with Crippen LogP contribution in [0.5, 0.6) is 0 Å². The molecule has 0 amide bonds. The zero-order valence-electron chi connectivity index (χ0n) is 36.5. The molecular formula is C44H40S14Si5. The largest absolute Gasteiger partial charge is 0.191 e. The van der Waals surface area contributed by atoms with E-state index in [4.69, 9.17) is 0 Å². The van der Waals surface area contributed by atoms with Crippen molar-refractivity contribution in [2.75, 3.05) is 0 Å². The first kappa shape index (κ1) is 42.2. The van der Waals surface area contributed by atoms with Gasteiger partial charge < -0.3 is 0 Å². The minimum atomic E-state index is -3.08. The number of hydrogen-bond acceptors (Lipinski definition) is 14. The van der Waals surface area contributed by atoms with Crippen LogP contribution in [0.4, 0.5) is 0 Å². The van der Waals surface area contributed by atoms with Gasteiger partial charge in [-0.3, -0.25) is 0 Å². The summed E-state index contributed by atoms with van der Waals surface area (Å²) in [6, 6.07) is 10.8. The van der Waals surface area contributed by atoms with Gasteiger partial charge in [-0.2, -0.15) is 0 Å². The maximum atomic E-state index is 2.71. The highest BCUT2D eigenvalue weighted by molar-refractivity contribution is 8.05. The summed E-state index contributed by atoms with van der Waals surface area (Å²) < 4.78 is 25.6. The lowest BCUT2D eigenvalue weighted by Crippen LogP contribution is -2.77. The molecule has 19 heteroatoms. The molecule has 0 saturated carbocycles. The number of hydrogen-bond donors (Lipinski definition) is 0. The van der Waals surface area contributed by atoms with E-state index in [1.807, 2.05) is 0 Å². The summed E-state index contributed by atoms with van der Waals surface area (Å²) in [6.45, 7) is 30.6. The fourth-order valence-electron chi connectivity index (χ4n) is 9.71. The van der Waals surface area contributed by atoms with Crippen LogP contribution in [0.15, 0.2) is 41.1 Å². The van der Waals surface area contributed by atoms with Gasteiger partial charge in [0.1, 0.15) is 0 Å². The lowest BCUT2D eigenvalue weighted by molar-refractivity contribution is 1.63. The van der Waals surface area contributed by atoms with E-state index in [9.17, 15) is 0 Å². The second kappa shape index (κ2) is 13.4. The molecule has 0 saturated heterocycles. The molecular weight excluding hydrogens is 1120 g/mol. The predicted molar refractivity (Wildman–Crippen MR) is 325 cm³/mol. The highest BCUT2D eigenvalue weighted by atomic mass is 32.2. The fourth-order valence-corrected chi connectivity index (χ4v) is 49.1.